The molecule has 1 heterocycles. The third-order valence-electron chi connectivity index (χ3n) is 2.56. The van der Waals surface area contributed by atoms with Crippen molar-refractivity contribution >= 4 is 17.2 Å². The molecule has 1 aliphatic heterocycles. The summed E-state index contributed by atoms with van der Waals surface area (Å²) < 4.78 is 0. The molecule has 0 aliphatic carbocycles. The van der Waals surface area contributed by atoms with E-state index in [0.717, 1.165) is 17.2 Å². The average Bonchev–Trinajstić information content (AvgIpc) is 2.48. The quantitative estimate of drug-likeness (QED) is 0.306. The first-order valence-corrected chi connectivity index (χ1v) is 8.17. The third kappa shape index (κ3) is 6.32. The zero-order chi connectivity index (χ0) is 13.1. The van der Waals surface area contributed by atoms with Crippen LogP contribution in [0.3, 0.4) is 0 Å². The maximum absolute atomic E-state index is 2.34. The first-order chi connectivity index (χ1) is 7.71. The molecule has 0 nitrogen and oxygen atoms in total. The molecular formula is C15H25P2Rh-3. The number of hydrogen-bond donors (Lipinski definition) is 0. The van der Waals surface area contributed by atoms with Gasteiger partial charge < -0.3 is 28.0 Å². The normalized spacial score (nSPS) is 19.9. The van der Waals surface area contributed by atoms with Gasteiger partial charge >= 0.3 is 0 Å². The van der Waals surface area contributed by atoms with Gasteiger partial charge in [0.25, 0.3) is 0 Å². The van der Waals surface area contributed by atoms with E-state index in [4.69, 9.17) is 0 Å². The fourth-order valence-electron chi connectivity index (χ4n) is 1.32. The van der Waals surface area contributed by atoms with Crippen molar-refractivity contribution in [2.45, 2.75) is 41.5 Å². The summed E-state index contributed by atoms with van der Waals surface area (Å²) in [7, 11) is 2.10. The van der Waals surface area contributed by atoms with Gasteiger partial charge in [0.2, 0.25) is 0 Å². The van der Waals surface area contributed by atoms with E-state index in [0.29, 0.717) is 10.8 Å². The molecule has 1 fully saturated rings. The first kappa shape index (κ1) is 18.8. The Balaban J connectivity index is 0.000000405. The third-order valence-corrected chi connectivity index (χ3v) is 8.06. The van der Waals surface area contributed by atoms with Crippen molar-refractivity contribution in [3.05, 3.63) is 41.1 Å². The monoisotopic (exact) mass is 370 g/mol. The smallest absolute Gasteiger partial charge is 0 e. The van der Waals surface area contributed by atoms with Crippen LogP contribution in [0.15, 0.2) is 30.3 Å². The second-order valence-corrected chi connectivity index (χ2v) is 9.96. The molecule has 0 saturated carbocycles. The summed E-state index contributed by atoms with van der Waals surface area (Å²) in [6, 6.07) is 10.0. The molecule has 1 aromatic carbocycles. The Morgan fingerprint density at radius 2 is 1.11 bits per heavy atom. The van der Waals surface area contributed by atoms with Crippen LogP contribution < -0.4 is 0 Å². The summed E-state index contributed by atoms with van der Waals surface area (Å²) in [5, 5.41) is 3.57. The summed E-state index contributed by atoms with van der Waals surface area (Å²) >= 11 is 0. The van der Waals surface area contributed by atoms with Crippen molar-refractivity contribution < 1.29 is 19.5 Å². The van der Waals surface area contributed by atoms with Gasteiger partial charge in [-0.2, -0.15) is 29.0 Å². The molecule has 1 saturated heterocycles. The van der Waals surface area contributed by atoms with E-state index < -0.39 is 0 Å². The van der Waals surface area contributed by atoms with Crippen molar-refractivity contribution in [2.75, 3.05) is 0 Å². The van der Waals surface area contributed by atoms with Crippen LogP contribution in [0.4, 0.5) is 0 Å². The predicted molar refractivity (Wildman–Crippen MR) is 84.1 cm³/mol. The molecule has 0 aromatic heterocycles. The molecule has 1 radical (unpaired) electrons. The second kappa shape index (κ2) is 7.57. The molecule has 0 bridgehead atoms. The Kier molecular flexibility index (Phi) is 7.92. The summed E-state index contributed by atoms with van der Waals surface area (Å²) in [5.74, 6) is 0. The van der Waals surface area contributed by atoms with E-state index in [2.05, 4.69) is 41.5 Å². The Morgan fingerprint density at radius 3 is 1.28 bits per heavy atom. The summed E-state index contributed by atoms with van der Waals surface area (Å²) in [5.41, 5.74) is 0.928. The van der Waals surface area contributed by atoms with E-state index >= 15 is 0 Å². The van der Waals surface area contributed by atoms with E-state index in [9.17, 15) is 0 Å². The molecule has 3 heteroatoms. The molecule has 18 heavy (non-hydrogen) atoms. The molecule has 1 aliphatic rings. The van der Waals surface area contributed by atoms with Gasteiger partial charge in [0.05, 0.1) is 0 Å². The summed E-state index contributed by atoms with van der Waals surface area (Å²) in [4.78, 5) is 0. The van der Waals surface area contributed by atoms with Crippen molar-refractivity contribution in [3.8, 4) is 0 Å². The largest absolute Gasteiger partial charge is 0.438 e. The van der Waals surface area contributed by atoms with Crippen LogP contribution in [0.2, 0.25) is 0 Å². The minimum absolute atomic E-state index is 0. The molecule has 0 amide bonds. The Labute approximate surface area is 130 Å². The van der Waals surface area contributed by atoms with Crippen LogP contribution in [-0.4, -0.2) is 0 Å². The summed E-state index contributed by atoms with van der Waals surface area (Å²) in [6.45, 7) is 14.0. The second-order valence-electron chi connectivity index (χ2n) is 6.46. The van der Waals surface area contributed by atoms with E-state index in [1.165, 1.54) is 0 Å². The van der Waals surface area contributed by atoms with Crippen LogP contribution in [0, 0.1) is 21.6 Å². The van der Waals surface area contributed by atoms with Gasteiger partial charge in [-0.3, -0.25) is 0 Å². The summed E-state index contributed by atoms with van der Waals surface area (Å²) in [6.07, 6.45) is 0. The van der Waals surface area contributed by atoms with Crippen LogP contribution >= 0.6 is 17.2 Å². The Bertz CT molecular complexity index is 265. The molecule has 0 N–H and O–H groups in total. The Morgan fingerprint density at radius 1 is 0.778 bits per heavy atom. The van der Waals surface area contributed by atoms with Gasteiger partial charge in [-0.15, -0.1) is 0 Å². The van der Waals surface area contributed by atoms with Crippen LogP contribution in [0.25, 0.3) is 0 Å². The van der Waals surface area contributed by atoms with Crippen molar-refractivity contribution in [3.63, 3.8) is 0 Å². The molecule has 0 atom stereocenters. The SMILES string of the molecule is CC(C)(C)[C-]1P[C-](C(C)(C)C)P1.[Rh].c1cc[cH-]c1. The number of hydrogen-bond acceptors (Lipinski definition) is 0. The van der Waals surface area contributed by atoms with Gasteiger partial charge in [0, 0.05) is 19.5 Å². The van der Waals surface area contributed by atoms with Crippen molar-refractivity contribution in [1.82, 2.24) is 0 Å². The zero-order valence-electron chi connectivity index (χ0n) is 12.2. The minimum Gasteiger partial charge on any atom is -0.438 e. The van der Waals surface area contributed by atoms with E-state index in [-0.39, 0.29) is 19.5 Å². The van der Waals surface area contributed by atoms with Crippen LogP contribution in [0.5, 0.6) is 0 Å². The molecule has 107 valence electrons. The van der Waals surface area contributed by atoms with E-state index in [1.54, 1.807) is 10.8 Å². The van der Waals surface area contributed by atoms with Crippen LogP contribution in [-0.2, 0) is 19.5 Å². The standard InChI is InChI=1S/C10H20P2.C5H5.Rh/c1-9(2,3)7-11-8(12-7)10(4,5)6;1-2-4-5-3-1;/h11-12H,1-6H3;1-5H;/q-2;-1;. The van der Waals surface area contributed by atoms with E-state index in [1.807, 2.05) is 30.3 Å². The van der Waals surface area contributed by atoms with Gasteiger partial charge in [-0.1, -0.05) is 41.5 Å². The van der Waals surface area contributed by atoms with Crippen LogP contribution in [0.1, 0.15) is 41.5 Å². The van der Waals surface area contributed by atoms with Gasteiger partial charge in [0.15, 0.2) is 0 Å². The first-order valence-electron chi connectivity index (χ1n) is 6.17. The fraction of sp³-hybridized carbons (Fsp3) is 0.533. The minimum atomic E-state index is 0. The molecule has 2 rings (SSSR count). The number of rotatable bonds is 0. The van der Waals surface area contributed by atoms with Crippen molar-refractivity contribution in [1.29, 1.82) is 0 Å². The average molecular weight is 370 g/mol. The maximum atomic E-state index is 2.34. The van der Waals surface area contributed by atoms with Gasteiger partial charge in [-0.05, 0) is 0 Å². The zero-order valence-corrected chi connectivity index (χ0v) is 15.9. The maximum Gasteiger partial charge on any atom is 0 e. The fourth-order valence-corrected chi connectivity index (χ4v) is 4.45. The predicted octanol–water partition coefficient (Wildman–Crippen LogP) is 5.83. The van der Waals surface area contributed by atoms with Gasteiger partial charge in [0.1, 0.15) is 0 Å². The Hall–Kier alpha value is 0.833. The van der Waals surface area contributed by atoms with Gasteiger partial charge in [-0.25, -0.2) is 12.1 Å². The topological polar surface area (TPSA) is 0 Å². The molecule has 0 spiro atoms. The molecule has 0 unspecified atom stereocenters. The van der Waals surface area contributed by atoms with Crippen molar-refractivity contribution in [2.24, 2.45) is 10.8 Å². The molecule has 1 aromatic rings. The molecular weight excluding hydrogens is 345 g/mol.